The number of amides is 1. The fourth-order valence-corrected chi connectivity index (χ4v) is 3.14. The van der Waals surface area contributed by atoms with E-state index in [2.05, 4.69) is 16.4 Å². The van der Waals surface area contributed by atoms with Gasteiger partial charge in [-0.3, -0.25) is 9.78 Å². The summed E-state index contributed by atoms with van der Waals surface area (Å²) in [5, 5.41) is 2.94. The molecule has 0 aliphatic heterocycles. The lowest BCUT2D eigenvalue weighted by molar-refractivity contribution is 0.102. The molecule has 1 N–H and O–H groups in total. The van der Waals surface area contributed by atoms with Gasteiger partial charge in [0.15, 0.2) is 0 Å². The van der Waals surface area contributed by atoms with Crippen LogP contribution in [0.3, 0.4) is 0 Å². The number of aryl methyl sites for hydroxylation is 1. The molecule has 0 aliphatic rings. The number of nitrogens with zero attached hydrogens (tertiary/aromatic N) is 1. The maximum absolute atomic E-state index is 12.3. The van der Waals surface area contributed by atoms with Gasteiger partial charge < -0.3 is 5.32 Å². The highest BCUT2D eigenvalue weighted by molar-refractivity contribution is 7.98. The van der Waals surface area contributed by atoms with Crippen molar-refractivity contribution in [3.8, 4) is 0 Å². The van der Waals surface area contributed by atoms with Crippen molar-refractivity contribution in [3.63, 3.8) is 0 Å². The summed E-state index contributed by atoms with van der Waals surface area (Å²) >= 11 is 1.75. The van der Waals surface area contributed by atoms with E-state index < -0.39 is 0 Å². The maximum Gasteiger partial charge on any atom is 0.255 e. The average Bonchev–Trinajstić information content (AvgIpc) is 2.62. The van der Waals surface area contributed by atoms with Gasteiger partial charge in [0.05, 0.1) is 0 Å². The van der Waals surface area contributed by atoms with Gasteiger partial charge in [-0.2, -0.15) is 0 Å². The van der Waals surface area contributed by atoms with E-state index in [9.17, 15) is 4.79 Å². The molecule has 0 aliphatic carbocycles. The Morgan fingerprint density at radius 2 is 1.83 bits per heavy atom. The molecule has 2 aromatic carbocycles. The number of carbonyl (C=O) groups is 1. The van der Waals surface area contributed by atoms with Crippen LogP contribution >= 0.6 is 11.8 Å². The highest BCUT2D eigenvalue weighted by Gasteiger charge is 2.08. The van der Waals surface area contributed by atoms with Crippen LogP contribution in [0.15, 0.2) is 78.0 Å². The van der Waals surface area contributed by atoms with E-state index in [1.165, 1.54) is 5.56 Å². The Hall–Kier alpha value is -2.59. The molecule has 120 valence electrons. The van der Waals surface area contributed by atoms with Crippen LogP contribution < -0.4 is 5.32 Å². The lowest BCUT2D eigenvalue weighted by Gasteiger charge is -2.08. The third-order valence-corrected chi connectivity index (χ3v) is 4.71. The normalized spacial score (nSPS) is 10.4. The molecule has 3 rings (SSSR count). The fourth-order valence-electron chi connectivity index (χ4n) is 2.31. The van der Waals surface area contributed by atoms with Crippen molar-refractivity contribution in [1.29, 1.82) is 0 Å². The molecule has 0 saturated heterocycles. The number of aromatic nitrogens is 1. The zero-order chi connectivity index (χ0) is 16.8. The summed E-state index contributed by atoms with van der Waals surface area (Å²) < 4.78 is 0. The summed E-state index contributed by atoms with van der Waals surface area (Å²) in [5.74, 6) is 0.798. The molecule has 0 radical (unpaired) electrons. The van der Waals surface area contributed by atoms with E-state index in [1.807, 2.05) is 67.7 Å². The van der Waals surface area contributed by atoms with Gasteiger partial charge in [-0.15, -0.1) is 11.8 Å². The van der Waals surface area contributed by atoms with Crippen LogP contribution in [0.1, 0.15) is 21.5 Å². The number of hydrogen-bond acceptors (Lipinski definition) is 3. The van der Waals surface area contributed by atoms with E-state index in [4.69, 9.17) is 0 Å². The third kappa shape index (κ3) is 4.24. The largest absolute Gasteiger partial charge is 0.322 e. The highest BCUT2D eigenvalue weighted by Crippen LogP contribution is 2.24. The second-order valence-electron chi connectivity index (χ2n) is 5.44. The number of pyridine rings is 1. The molecule has 0 fully saturated rings. The van der Waals surface area contributed by atoms with Gasteiger partial charge in [-0.1, -0.05) is 24.3 Å². The molecule has 0 spiro atoms. The van der Waals surface area contributed by atoms with Crippen LogP contribution in [0.2, 0.25) is 0 Å². The smallest absolute Gasteiger partial charge is 0.255 e. The second kappa shape index (κ2) is 7.79. The Bertz CT molecular complexity index is 817. The molecular formula is C20H18N2OS. The van der Waals surface area contributed by atoms with Gasteiger partial charge in [0, 0.05) is 34.3 Å². The first-order valence-corrected chi connectivity index (χ1v) is 8.70. The molecule has 3 nitrogen and oxygen atoms in total. The molecule has 0 saturated carbocycles. The van der Waals surface area contributed by atoms with Crippen molar-refractivity contribution in [2.24, 2.45) is 0 Å². The molecule has 1 amide bonds. The first-order chi connectivity index (χ1) is 11.7. The number of thioether (sulfide) groups is 1. The molecule has 4 heteroatoms. The summed E-state index contributed by atoms with van der Waals surface area (Å²) in [5.41, 5.74) is 3.67. The molecular weight excluding hydrogens is 316 g/mol. The van der Waals surface area contributed by atoms with Crippen molar-refractivity contribution in [1.82, 2.24) is 4.98 Å². The summed E-state index contributed by atoms with van der Waals surface area (Å²) in [7, 11) is 0. The minimum Gasteiger partial charge on any atom is -0.322 e. The van der Waals surface area contributed by atoms with Gasteiger partial charge in [-0.05, 0) is 54.4 Å². The molecule has 1 aromatic heterocycles. The number of nitrogens with one attached hydrogen (secondary N) is 1. The van der Waals surface area contributed by atoms with Crippen molar-refractivity contribution in [2.45, 2.75) is 17.6 Å². The number of carbonyl (C=O) groups excluding carboxylic acids is 1. The van der Waals surface area contributed by atoms with Crippen LogP contribution in [0.5, 0.6) is 0 Å². The minimum absolute atomic E-state index is 0.0798. The maximum atomic E-state index is 12.3. The van der Waals surface area contributed by atoms with Crippen molar-refractivity contribution < 1.29 is 4.79 Å². The first kappa shape index (κ1) is 16.3. The Labute approximate surface area is 146 Å². The standard InChI is InChI=1S/C20H18N2OS/c1-15-5-2-3-7-19(15)20(23)22-17-8-10-18(11-9-17)24-14-16-6-4-12-21-13-16/h2-13H,14H2,1H3,(H,22,23). The highest BCUT2D eigenvalue weighted by atomic mass is 32.2. The van der Waals surface area contributed by atoms with E-state index in [0.29, 0.717) is 5.56 Å². The van der Waals surface area contributed by atoms with Gasteiger partial charge in [0.1, 0.15) is 0 Å². The van der Waals surface area contributed by atoms with Crippen molar-refractivity contribution >= 4 is 23.4 Å². The average molecular weight is 334 g/mol. The third-order valence-electron chi connectivity index (χ3n) is 3.63. The predicted octanol–water partition coefficient (Wildman–Crippen LogP) is 4.93. The Kier molecular flexibility index (Phi) is 5.29. The minimum atomic E-state index is -0.0798. The molecule has 0 bridgehead atoms. The Morgan fingerprint density at radius 3 is 2.54 bits per heavy atom. The van der Waals surface area contributed by atoms with Crippen LogP contribution in [0.25, 0.3) is 0 Å². The van der Waals surface area contributed by atoms with E-state index in [1.54, 1.807) is 18.0 Å². The lowest BCUT2D eigenvalue weighted by atomic mass is 10.1. The van der Waals surface area contributed by atoms with Crippen LogP contribution in [0, 0.1) is 6.92 Å². The van der Waals surface area contributed by atoms with E-state index >= 15 is 0 Å². The summed E-state index contributed by atoms with van der Waals surface area (Å²) in [6, 6.07) is 19.5. The fraction of sp³-hybridized carbons (Fsp3) is 0.100. The lowest BCUT2D eigenvalue weighted by Crippen LogP contribution is -2.13. The zero-order valence-corrected chi connectivity index (χ0v) is 14.2. The molecule has 1 heterocycles. The summed E-state index contributed by atoms with van der Waals surface area (Å²) in [6.07, 6.45) is 3.66. The number of anilines is 1. The number of rotatable bonds is 5. The molecule has 24 heavy (non-hydrogen) atoms. The van der Waals surface area contributed by atoms with Crippen molar-refractivity contribution in [3.05, 3.63) is 89.7 Å². The van der Waals surface area contributed by atoms with Crippen LogP contribution in [-0.2, 0) is 5.75 Å². The Balaban J connectivity index is 1.60. The van der Waals surface area contributed by atoms with Crippen LogP contribution in [-0.4, -0.2) is 10.9 Å². The molecule has 0 unspecified atom stereocenters. The SMILES string of the molecule is Cc1ccccc1C(=O)Nc1ccc(SCc2cccnc2)cc1. The molecule has 3 aromatic rings. The van der Waals surface area contributed by atoms with E-state index in [0.717, 1.165) is 21.9 Å². The Morgan fingerprint density at radius 1 is 1.04 bits per heavy atom. The van der Waals surface area contributed by atoms with Gasteiger partial charge in [0.2, 0.25) is 0 Å². The number of benzene rings is 2. The summed E-state index contributed by atoms with van der Waals surface area (Å²) in [4.78, 5) is 17.6. The summed E-state index contributed by atoms with van der Waals surface area (Å²) in [6.45, 7) is 1.94. The van der Waals surface area contributed by atoms with Gasteiger partial charge >= 0.3 is 0 Å². The second-order valence-corrected chi connectivity index (χ2v) is 6.49. The topological polar surface area (TPSA) is 42.0 Å². The predicted molar refractivity (Wildman–Crippen MR) is 99.4 cm³/mol. The molecule has 0 atom stereocenters. The monoisotopic (exact) mass is 334 g/mol. The zero-order valence-electron chi connectivity index (χ0n) is 13.4. The van der Waals surface area contributed by atoms with Crippen molar-refractivity contribution in [2.75, 3.05) is 5.32 Å². The quantitative estimate of drug-likeness (QED) is 0.672. The van der Waals surface area contributed by atoms with Gasteiger partial charge in [0.25, 0.3) is 5.91 Å². The number of hydrogen-bond donors (Lipinski definition) is 1. The first-order valence-electron chi connectivity index (χ1n) is 7.71. The van der Waals surface area contributed by atoms with Gasteiger partial charge in [-0.25, -0.2) is 0 Å². The van der Waals surface area contributed by atoms with Crippen LogP contribution in [0.4, 0.5) is 5.69 Å². The van der Waals surface area contributed by atoms with E-state index in [-0.39, 0.29) is 5.91 Å².